The van der Waals surface area contributed by atoms with Gasteiger partial charge in [-0.1, -0.05) is 0 Å². The maximum Gasteiger partial charge on any atom is 0.251 e. The van der Waals surface area contributed by atoms with Gasteiger partial charge in [-0.15, -0.1) is 0 Å². The number of aromatic nitrogens is 5. The van der Waals surface area contributed by atoms with Gasteiger partial charge in [0.2, 0.25) is 5.91 Å². The summed E-state index contributed by atoms with van der Waals surface area (Å²) >= 11 is 0. The van der Waals surface area contributed by atoms with Crippen LogP contribution in [-0.4, -0.2) is 30.6 Å². The monoisotopic (exact) mass is 360 g/mol. The summed E-state index contributed by atoms with van der Waals surface area (Å²) in [7, 11) is 0. The van der Waals surface area contributed by atoms with Crippen LogP contribution in [0.2, 0.25) is 0 Å². The van der Waals surface area contributed by atoms with E-state index in [2.05, 4.69) is 15.0 Å². The molecule has 4 heterocycles. The lowest BCUT2D eigenvalue weighted by atomic mass is 10.1. The van der Waals surface area contributed by atoms with Crippen molar-refractivity contribution < 1.29 is 9.21 Å². The summed E-state index contributed by atoms with van der Waals surface area (Å²) in [5, 5.41) is 5.74. The van der Waals surface area contributed by atoms with Gasteiger partial charge in [0.25, 0.3) is 5.95 Å². The number of rotatable bonds is 5. The van der Waals surface area contributed by atoms with E-state index in [-0.39, 0.29) is 6.42 Å². The number of nitrogens with zero attached hydrogens (tertiary/aromatic N) is 5. The molecule has 0 atom stereocenters. The molecule has 2 N–H and O–H groups in total. The Labute approximate surface area is 154 Å². The van der Waals surface area contributed by atoms with Gasteiger partial charge in [0, 0.05) is 29.3 Å². The number of nitrogens with two attached hydrogens (primary N) is 1. The zero-order valence-electron chi connectivity index (χ0n) is 14.4. The molecule has 27 heavy (non-hydrogen) atoms. The first kappa shape index (κ1) is 15.7. The number of carbonyl (C=O) groups excluding carboxylic acids is 1. The maximum atomic E-state index is 11.3. The van der Waals surface area contributed by atoms with Crippen LogP contribution in [0.5, 0.6) is 0 Å². The number of fused-ring (bicyclic) bond motifs is 1. The lowest BCUT2D eigenvalue weighted by molar-refractivity contribution is -0.117. The average Bonchev–Trinajstić information content (AvgIpc) is 3.22. The Kier molecular flexibility index (Phi) is 3.49. The predicted molar refractivity (Wildman–Crippen MR) is 97.0 cm³/mol. The van der Waals surface area contributed by atoms with E-state index < -0.39 is 5.91 Å². The molecule has 0 unspecified atom stereocenters. The highest BCUT2D eigenvalue weighted by Gasteiger charge is 2.30. The summed E-state index contributed by atoms with van der Waals surface area (Å²) < 4.78 is 6.87. The third-order valence-electron chi connectivity index (χ3n) is 4.62. The third kappa shape index (κ3) is 2.84. The summed E-state index contributed by atoms with van der Waals surface area (Å²) in [5.41, 5.74) is 9.36. The summed E-state index contributed by atoms with van der Waals surface area (Å²) in [4.78, 5) is 24.7. The second-order valence-electron chi connectivity index (χ2n) is 6.66. The third-order valence-corrected chi connectivity index (χ3v) is 4.62. The summed E-state index contributed by atoms with van der Waals surface area (Å²) in [5.74, 6) is 0.477. The van der Waals surface area contributed by atoms with Gasteiger partial charge >= 0.3 is 0 Å². The predicted octanol–water partition coefficient (Wildman–Crippen LogP) is 2.38. The van der Waals surface area contributed by atoms with Crippen molar-refractivity contribution >= 4 is 16.8 Å². The fourth-order valence-corrected chi connectivity index (χ4v) is 3.18. The van der Waals surface area contributed by atoms with E-state index in [1.54, 1.807) is 29.6 Å². The molecular weight excluding hydrogens is 344 g/mol. The number of furan rings is 1. The van der Waals surface area contributed by atoms with Crippen molar-refractivity contribution in [3.8, 4) is 17.2 Å². The van der Waals surface area contributed by atoms with Crippen LogP contribution in [0.25, 0.3) is 28.1 Å². The molecule has 1 fully saturated rings. The molecule has 0 radical (unpaired) electrons. The molecule has 0 aromatic carbocycles. The van der Waals surface area contributed by atoms with Crippen LogP contribution in [0.1, 0.15) is 30.1 Å². The highest BCUT2D eigenvalue weighted by Crippen LogP contribution is 2.42. The van der Waals surface area contributed by atoms with Gasteiger partial charge in [0.05, 0.1) is 41.5 Å². The molecule has 1 saturated carbocycles. The highest BCUT2D eigenvalue weighted by molar-refractivity contribution is 5.85. The van der Waals surface area contributed by atoms with Crippen molar-refractivity contribution in [1.82, 2.24) is 24.7 Å². The van der Waals surface area contributed by atoms with E-state index in [9.17, 15) is 4.79 Å². The molecule has 0 spiro atoms. The van der Waals surface area contributed by atoms with Crippen molar-refractivity contribution in [3.63, 3.8) is 0 Å². The molecule has 8 heteroatoms. The van der Waals surface area contributed by atoms with Gasteiger partial charge in [-0.05, 0) is 31.0 Å². The Bertz CT molecular complexity index is 1140. The van der Waals surface area contributed by atoms with Gasteiger partial charge in [0.15, 0.2) is 0 Å². The van der Waals surface area contributed by atoms with Crippen molar-refractivity contribution in [3.05, 3.63) is 54.5 Å². The number of hydrogen-bond donors (Lipinski definition) is 1. The van der Waals surface area contributed by atoms with Crippen LogP contribution >= 0.6 is 0 Å². The summed E-state index contributed by atoms with van der Waals surface area (Å²) in [6, 6.07) is 5.51. The molecule has 5 rings (SSSR count). The smallest absolute Gasteiger partial charge is 0.251 e. The van der Waals surface area contributed by atoms with Gasteiger partial charge in [0.1, 0.15) is 0 Å². The lowest BCUT2D eigenvalue weighted by Gasteiger charge is -2.04. The molecule has 1 aliphatic rings. The van der Waals surface area contributed by atoms with E-state index >= 15 is 0 Å². The first-order chi connectivity index (χ1) is 13.2. The van der Waals surface area contributed by atoms with Crippen molar-refractivity contribution in [2.75, 3.05) is 0 Å². The average molecular weight is 360 g/mol. The molecule has 1 amide bonds. The fourth-order valence-electron chi connectivity index (χ4n) is 3.18. The number of primary amides is 1. The SMILES string of the molecule is NC(=O)Cc1cc2c(cn1)c(C1CC1)nn2-c1nccc(-c2ccoc2)n1. The topological polar surface area (TPSA) is 113 Å². The van der Waals surface area contributed by atoms with Crippen molar-refractivity contribution in [2.45, 2.75) is 25.2 Å². The largest absolute Gasteiger partial charge is 0.472 e. The minimum atomic E-state index is -0.423. The first-order valence-electron chi connectivity index (χ1n) is 8.71. The van der Waals surface area contributed by atoms with Crippen molar-refractivity contribution in [1.29, 1.82) is 0 Å². The Morgan fingerprint density at radius 3 is 2.93 bits per heavy atom. The van der Waals surface area contributed by atoms with E-state index in [0.29, 0.717) is 17.6 Å². The van der Waals surface area contributed by atoms with E-state index in [4.69, 9.17) is 15.2 Å². The maximum absolute atomic E-state index is 11.3. The molecule has 1 aliphatic carbocycles. The standard InChI is InChI=1S/C19H16N6O2/c20-17(26)8-13-7-16-14(9-22-13)18(11-1-2-11)24-25(16)19-21-5-3-15(23-19)12-4-6-27-10-12/h3-7,9-11H,1-2,8H2,(H2,20,26). The zero-order valence-corrected chi connectivity index (χ0v) is 14.4. The number of pyridine rings is 1. The molecule has 0 bridgehead atoms. The van der Waals surface area contributed by atoms with Crippen LogP contribution in [0.4, 0.5) is 0 Å². The van der Waals surface area contributed by atoms with Crippen LogP contribution in [0.15, 0.2) is 47.5 Å². The first-order valence-corrected chi connectivity index (χ1v) is 8.71. The second kappa shape index (κ2) is 6.01. The molecule has 0 saturated heterocycles. The molecule has 134 valence electrons. The van der Waals surface area contributed by atoms with Crippen LogP contribution in [0, 0.1) is 0 Å². The van der Waals surface area contributed by atoms with Crippen LogP contribution in [0.3, 0.4) is 0 Å². The van der Waals surface area contributed by atoms with E-state index in [1.165, 1.54) is 0 Å². The van der Waals surface area contributed by atoms with Gasteiger partial charge in [-0.2, -0.15) is 9.78 Å². The van der Waals surface area contributed by atoms with Gasteiger partial charge in [-0.25, -0.2) is 9.97 Å². The minimum Gasteiger partial charge on any atom is -0.472 e. The minimum absolute atomic E-state index is 0.0792. The molecule has 4 aromatic rings. The summed E-state index contributed by atoms with van der Waals surface area (Å²) in [6.07, 6.45) is 9.02. The Morgan fingerprint density at radius 2 is 2.19 bits per heavy atom. The van der Waals surface area contributed by atoms with E-state index in [0.717, 1.165) is 40.7 Å². The Hall–Kier alpha value is -3.55. The van der Waals surface area contributed by atoms with E-state index in [1.807, 2.05) is 18.2 Å². The second-order valence-corrected chi connectivity index (χ2v) is 6.66. The van der Waals surface area contributed by atoms with Gasteiger partial charge < -0.3 is 10.2 Å². The number of carbonyl (C=O) groups is 1. The van der Waals surface area contributed by atoms with Crippen LogP contribution in [-0.2, 0) is 11.2 Å². The lowest BCUT2D eigenvalue weighted by Crippen LogP contribution is -2.14. The quantitative estimate of drug-likeness (QED) is 0.585. The summed E-state index contributed by atoms with van der Waals surface area (Å²) in [6.45, 7) is 0. The van der Waals surface area contributed by atoms with Crippen LogP contribution < -0.4 is 5.73 Å². The Balaban J connectivity index is 1.67. The number of amides is 1. The van der Waals surface area contributed by atoms with Gasteiger partial charge in [-0.3, -0.25) is 9.78 Å². The molecule has 4 aromatic heterocycles. The highest BCUT2D eigenvalue weighted by atomic mass is 16.3. The molecule has 0 aliphatic heterocycles. The zero-order chi connectivity index (χ0) is 18.4. The molecule has 8 nitrogen and oxygen atoms in total. The normalized spacial score (nSPS) is 13.9. The van der Waals surface area contributed by atoms with Crippen molar-refractivity contribution in [2.24, 2.45) is 5.73 Å². The fraction of sp³-hybridized carbons (Fsp3) is 0.211. The number of hydrogen-bond acceptors (Lipinski definition) is 6. The Morgan fingerprint density at radius 1 is 1.30 bits per heavy atom. The molecular formula is C19H16N6O2.